The number of amides is 1. The van der Waals surface area contributed by atoms with Crippen LogP contribution in [-0.2, 0) is 19.1 Å². The molecule has 1 aromatic carbocycles. The van der Waals surface area contributed by atoms with Crippen molar-refractivity contribution in [2.45, 2.75) is 46.1 Å². The van der Waals surface area contributed by atoms with Crippen LogP contribution in [0.5, 0.6) is 0 Å². The summed E-state index contributed by atoms with van der Waals surface area (Å²) in [5.41, 5.74) is -1.07. The van der Waals surface area contributed by atoms with Gasteiger partial charge in [-0.2, -0.15) is 0 Å². The van der Waals surface area contributed by atoms with Crippen LogP contribution in [0.4, 0.5) is 0 Å². The molecular formula is C22H25NO4. The molecule has 2 heterocycles. The molecule has 1 amide bonds. The molecule has 5 nitrogen and oxygen atoms in total. The molecule has 1 aromatic rings. The Kier molecular flexibility index (Phi) is 3.85. The van der Waals surface area contributed by atoms with Gasteiger partial charge in [0.15, 0.2) is 11.2 Å². The van der Waals surface area contributed by atoms with E-state index >= 15 is 0 Å². The fourth-order valence-corrected chi connectivity index (χ4v) is 5.03. The van der Waals surface area contributed by atoms with Crippen molar-refractivity contribution in [2.75, 3.05) is 6.61 Å². The lowest BCUT2D eigenvalue weighted by Gasteiger charge is -2.51. The Bertz CT molecular complexity index is 843. The summed E-state index contributed by atoms with van der Waals surface area (Å²) in [7, 11) is 0. The Hall–Kier alpha value is -2.43. The van der Waals surface area contributed by atoms with Gasteiger partial charge in [0.05, 0.1) is 12.6 Å². The second-order valence-electron chi connectivity index (χ2n) is 8.79. The summed E-state index contributed by atoms with van der Waals surface area (Å²) in [6.07, 6.45) is 4.45. The van der Waals surface area contributed by atoms with E-state index in [-0.39, 0.29) is 23.5 Å². The van der Waals surface area contributed by atoms with E-state index in [4.69, 9.17) is 4.74 Å². The second kappa shape index (κ2) is 5.78. The molecule has 27 heavy (non-hydrogen) atoms. The summed E-state index contributed by atoms with van der Waals surface area (Å²) in [6.45, 7) is 6.46. The van der Waals surface area contributed by atoms with Gasteiger partial charge < -0.3 is 9.64 Å². The first-order valence-electron chi connectivity index (χ1n) is 9.49. The summed E-state index contributed by atoms with van der Waals surface area (Å²) in [5, 5.41) is 0. The van der Waals surface area contributed by atoms with Crippen molar-refractivity contribution in [1.29, 1.82) is 0 Å². The van der Waals surface area contributed by atoms with Crippen molar-refractivity contribution in [3.8, 4) is 0 Å². The van der Waals surface area contributed by atoms with Crippen LogP contribution in [0.2, 0.25) is 0 Å². The van der Waals surface area contributed by atoms with Gasteiger partial charge in [-0.25, -0.2) is 0 Å². The molecule has 0 N–H and O–H groups in total. The molecule has 4 rings (SSSR count). The SMILES string of the molecule is CC1(C)[C@@]2(C)CC[C@]1(C(=O)N1C=CC(=O)C[C@H]1c1ccccc1)C(=O)OC2. The number of ether oxygens (including phenoxy) is 1. The largest absolute Gasteiger partial charge is 0.464 e. The van der Waals surface area contributed by atoms with Crippen LogP contribution in [0.15, 0.2) is 42.6 Å². The Balaban J connectivity index is 1.79. The molecule has 1 saturated carbocycles. The van der Waals surface area contributed by atoms with Gasteiger partial charge >= 0.3 is 5.97 Å². The number of hydrogen-bond acceptors (Lipinski definition) is 4. The van der Waals surface area contributed by atoms with Crippen molar-refractivity contribution >= 4 is 17.7 Å². The minimum Gasteiger partial charge on any atom is -0.464 e. The van der Waals surface area contributed by atoms with E-state index in [0.717, 1.165) is 12.0 Å². The Morgan fingerprint density at radius 1 is 1.11 bits per heavy atom. The number of fused-ring (bicyclic) bond motifs is 2. The average molecular weight is 367 g/mol. The van der Waals surface area contributed by atoms with Crippen LogP contribution in [0.1, 0.15) is 51.6 Å². The second-order valence-corrected chi connectivity index (χ2v) is 8.79. The van der Waals surface area contributed by atoms with Crippen LogP contribution < -0.4 is 0 Å². The Labute approximate surface area is 159 Å². The highest BCUT2D eigenvalue weighted by molar-refractivity contribution is 6.06. The van der Waals surface area contributed by atoms with E-state index in [1.807, 2.05) is 44.2 Å². The third-order valence-electron chi connectivity index (χ3n) is 7.43. The summed E-state index contributed by atoms with van der Waals surface area (Å²) >= 11 is 0. The zero-order valence-electron chi connectivity index (χ0n) is 16.0. The summed E-state index contributed by atoms with van der Waals surface area (Å²) in [4.78, 5) is 40.5. The fourth-order valence-electron chi connectivity index (χ4n) is 5.03. The number of ketones is 1. The molecule has 2 fully saturated rings. The molecule has 3 aliphatic rings. The quantitative estimate of drug-likeness (QED) is 0.594. The maximum absolute atomic E-state index is 13.9. The predicted octanol–water partition coefficient (Wildman–Crippen LogP) is 3.41. The lowest BCUT2D eigenvalue weighted by atomic mass is 9.57. The van der Waals surface area contributed by atoms with E-state index < -0.39 is 22.8 Å². The molecular weight excluding hydrogens is 342 g/mol. The van der Waals surface area contributed by atoms with Crippen LogP contribution in [-0.4, -0.2) is 29.2 Å². The minimum atomic E-state index is -1.21. The molecule has 3 atom stereocenters. The van der Waals surface area contributed by atoms with Crippen LogP contribution in [0.25, 0.3) is 0 Å². The number of carbonyl (C=O) groups excluding carboxylic acids is 3. The van der Waals surface area contributed by atoms with Crippen LogP contribution in [0.3, 0.4) is 0 Å². The van der Waals surface area contributed by atoms with E-state index in [1.54, 1.807) is 11.1 Å². The number of allylic oxidation sites excluding steroid dienone is 1. The number of cyclic esters (lactones) is 1. The van der Waals surface area contributed by atoms with Crippen LogP contribution in [0, 0.1) is 16.2 Å². The Morgan fingerprint density at radius 2 is 1.81 bits per heavy atom. The molecule has 0 unspecified atom stereocenters. The minimum absolute atomic E-state index is 0.0212. The number of esters is 1. The standard InChI is InChI=1S/C22H25NO4/c1-20(2)21(3)10-11-22(20,19(26)27-14-21)18(25)23-12-9-16(24)13-17(23)15-7-5-4-6-8-15/h4-9,12,17H,10-11,13-14H2,1-3H3/t17-,21-,22-/m0/s1. The van der Waals surface area contributed by atoms with Gasteiger partial charge in [0.2, 0.25) is 5.91 Å². The first-order valence-corrected chi connectivity index (χ1v) is 9.49. The number of rotatable bonds is 2. The third-order valence-corrected chi connectivity index (χ3v) is 7.43. The molecule has 5 heteroatoms. The smallest absolute Gasteiger partial charge is 0.322 e. The summed E-state index contributed by atoms with van der Waals surface area (Å²) in [6, 6.07) is 9.12. The number of benzene rings is 1. The van der Waals surface area contributed by atoms with E-state index in [9.17, 15) is 14.4 Å². The monoisotopic (exact) mass is 367 g/mol. The van der Waals surface area contributed by atoms with Crippen molar-refractivity contribution in [1.82, 2.24) is 4.90 Å². The van der Waals surface area contributed by atoms with Gasteiger partial charge in [-0.1, -0.05) is 51.1 Å². The average Bonchev–Trinajstić information content (AvgIpc) is 2.76. The lowest BCUT2D eigenvalue weighted by Crippen LogP contribution is -2.61. The first kappa shape index (κ1) is 18.0. The van der Waals surface area contributed by atoms with Crippen molar-refractivity contribution in [2.24, 2.45) is 16.2 Å². The third kappa shape index (κ3) is 2.27. The number of hydrogen-bond donors (Lipinski definition) is 0. The van der Waals surface area contributed by atoms with E-state index in [0.29, 0.717) is 13.0 Å². The highest BCUT2D eigenvalue weighted by Gasteiger charge is 2.72. The zero-order valence-corrected chi connectivity index (χ0v) is 16.0. The molecule has 2 aliphatic heterocycles. The normalized spacial score (nSPS) is 34.5. The molecule has 0 aromatic heterocycles. The fraction of sp³-hybridized carbons (Fsp3) is 0.500. The number of carbonyl (C=O) groups is 3. The molecule has 142 valence electrons. The maximum atomic E-state index is 13.9. The predicted molar refractivity (Wildman–Crippen MR) is 99.3 cm³/mol. The van der Waals surface area contributed by atoms with Gasteiger partial charge in [-0.3, -0.25) is 14.4 Å². The highest BCUT2D eigenvalue weighted by atomic mass is 16.5. The molecule has 0 spiro atoms. The lowest BCUT2D eigenvalue weighted by molar-refractivity contribution is -0.193. The maximum Gasteiger partial charge on any atom is 0.322 e. The zero-order chi connectivity index (χ0) is 19.4. The van der Waals surface area contributed by atoms with Gasteiger partial charge in [0.1, 0.15) is 0 Å². The summed E-state index contributed by atoms with van der Waals surface area (Å²) in [5.74, 6) is -0.699. The molecule has 1 aliphatic carbocycles. The molecule has 0 radical (unpaired) electrons. The van der Waals surface area contributed by atoms with Gasteiger partial charge in [-0.05, 0) is 29.9 Å². The van der Waals surface area contributed by atoms with Crippen molar-refractivity contribution < 1.29 is 19.1 Å². The molecule has 1 saturated heterocycles. The van der Waals surface area contributed by atoms with Gasteiger partial charge in [-0.15, -0.1) is 0 Å². The van der Waals surface area contributed by atoms with Gasteiger partial charge in [0, 0.05) is 18.0 Å². The van der Waals surface area contributed by atoms with E-state index in [1.165, 1.54) is 6.08 Å². The molecule has 2 bridgehead atoms. The van der Waals surface area contributed by atoms with Crippen molar-refractivity contribution in [3.63, 3.8) is 0 Å². The highest BCUT2D eigenvalue weighted by Crippen LogP contribution is 2.66. The topological polar surface area (TPSA) is 63.7 Å². The van der Waals surface area contributed by atoms with Crippen LogP contribution >= 0.6 is 0 Å². The summed E-state index contributed by atoms with van der Waals surface area (Å²) < 4.78 is 5.50. The Morgan fingerprint density at radius 3 is 2.52 bits per heavy atom. The van der Waals surface area contributed by atoms with E-state index in [2.05, 4.69) is 6.92 Å². The number of nitrogens with zero attached hydrogens (tertiary/aromatic N) is 1. The first-order chi connectivity index (χ1) is 12.7. The van der Waals surface area contributed by atoms with Crippen molar-refractivity contribution in [3.05, 3.63) is 48.2 Å². The van der Waals surface area contributed by atoms with Gasteiger partial charge in [0.25, 0.3) is 0 Å².